The van der Waals surface area contributed by atoms with Gasteiger partial charge in [-0.1, -0.05) is 11.6 Å². The number of aryl methyl sites for hydroxylation is 1. The van der Waals surface area contributed by atoms with Gasteiger partial charge in [0.15, 0.2) is 6.10 Å². The first-order chi connectivity index (χ1) is 10.1. The van der Waals surface area contributed by atoms with Crippen LogP contribution in [0.1, 0.15) is 24.0 Å². The van der Waals surface area contributed by atoms with E-state index in [9.17, 15) is 4.39 Å². The van der Waals surface area contributed by atoms with Gasteiger partial charge >= 0.3 is 0 Å². The van der Waals surface area contributed by atoms with Gasteiger partial charge in [-0.25, -0.2) is 9.37 Å². The Labute approximate surface area is 127 Å². The van der Waals surface area contributed by atoms with E-state index in [2.05, 4.69) is 10.3 Å². The molecule has 2 heterocycles. The molecule has 0 amide bonds. The topological polar surface area (TPSA) is 47.3 Å². The summed E-state index contributed by atoms with van der Waals surface area (Å²) < 4.78 is 25.1. The molecule has 1 N–H and O–H groups in total. The molecule has 1 saturated heterocycles. The SMILES string of the molecule is Cc1cc(Cl)c(O[C@H](c2ncco2)C2CCNC2)cc1F. The number of nitrogens with one attached hydrogen (secondary N) is 1. The van der Waals surface area contributed by atoms with E-state index in [1.54, 1.807) is 19.2 Å². The van der Waals surface area contributed by atoms with Crippen molar-refractivity contribution in [3.63, 3.8) is 0 Å². The lowest BCUT2D eigenvalue weighted by atomic mass is 10.0. The maximum Gasteiger partial charge on any atom is 0.235 e. The minimum atomic E-state index is -0.380. The van der Waals surface area contributed by atoms with Crippen LogP contribution in [0.3, 0.4) is 0 Å². The van der Waals surface area contributed by atoms with Gasteiger partial charge in [-0.05, 0) is 31.5 Å². The number of halogens is 2. The molecule has 0 saturated carbocycles. The molecule has 1 unspecified atom stereocenters. The number of rotatable bonds is 4. The van der Waals surface area contributed by atoms with E-state index in [4.69, 9.17) is 20.8 Å². The van der Waals surface area contributed by atoms with Gasteiger partial charge in [0, 0.05) is 18.5 Å². The summed E-state index contributed by atoms with van der Waals surface area (Å²) in [6.07, 6.45) is 3.64. The number of aromatic nitrogens is 1. The average Bonchev–Trinajstić information content (AvgIpc) is 3.14. The number of oxazole rings is 1. The van der Waals surface area contributed by atoms with Gasteiger partial charge in [0.25, 0.3) is 0 Å². The third-order valence-electron chi connectivity index (χ3n) is 3.69. The summed E-state index contributed by atoms with van der Waals surface area (Å²) >= 11 is 6.16. The number of ether oxygens (including phenoxy) is 1. The van der Waals surface area contributed by atoms with Gasteiger partial charge < -0.3 is 14.5 Å². The van der Waals surface area contributed by atoms with Crippen molar-refractivity contribution in [2.45, 2.75) is 19.4 Å². The number of nitrogens with zero attached hydrogens (tertiary/aromatic N) is 1. The van der Waals surface area contributed by atoms with Crippen molar-refractivity contribution in [3.05, 3.63) is 46.9 Å². The zero-order valence-electron chi connectivity index (χ0n) is 11.6. The van der Waals surface area contributed by atoms with Crippen LogP contribution in [0.15, 0.2) is 29.0 Å². The summed E-state index contributed by atoms with van der Waals surface area (Å²) in [4.78, 5) is 4.17. The molecule has 3 rings (SSSR count). The lowest BCUT2D eigenvalue weighted by molar-refractivity contribution is 0.114. The Bertz CT molecular complexity index is 612. The van der Waals surface area contributed by atoms with E-state index < -0.39 is 0 Å². The Kier molecular flexibility index (Phi) is 4.12. The van der Waals surface area contributed by atoms with Crippen LogP contribution in [0.25, 0.3) is 0 Å². The number of benzene rings is 1. The number of hydrogen-bond donors (Lipinski definition) is 1. The highest BCUT2D eigenvalue weighted by atomic mass is 35.5. The van der Waals surface area contributed by atoms with E-state index in [1.807, 2.05) is 0 Å². The minimum Gasteiger partial charge on any atom is -0.479 e. The Hall–Kier alpha value is -1.59. The summed E-state index contributed by atoms with van der Waals surface area (Å²) in [6.45, 7) is 3.39. The van der Waals surface area contributed by atoms with Crippen LogP contribution in [-0.4, -0.2) is 18.1 Å². The van der Waals surface area contributed by atoms with Crippen LogP contribution >= 0.6 is 11.6 Å². The molecule has 21 heavy (non-hydrogen) atoms. The van der Waals surface area contributed by atoms with Crippen LogP contribution in [-0.2, 0) is 0 Å². The van der Waals surface area contributed by atoms with Crippen molar-refractivity contribution in [1.82, 2.24) is 10.3 Å². The molecule has 1 aliphatic heterocycles. The molecular weight excluding hydrogens is 295 g/mol. The standard InChI is InChI=1S/C15H16ClFN2O2/c1-9-6-11(16)13(7-12(9)17)21-14(10-2-3-18-8-10)15-19-4-5-20-15/h4-7,10,14,18H,2-3,8H2,1H3/t10?,14-/m0/s1. The Morgan fingerprint density at radius 3 is 3.05 bits per heavy atom. The zero-order valence-corrected chi connectivity index (χ0v) is 12.4. The van der Waals surface area contributed by atoms with Gasteiger partial charge in [-0.15, -0.1) is 0 Å². The van der Waals surface area contributed by atoms with Crippen LogP contribution in [0, 0.1) is 18.7 Å². The summed E-state index contributed by atoms with van der Waals surface area (Å²) in [7, 11) is 0. The van der Waals surface area contributed by atoms with E-state index in [-0.39, 0.29) is 17.8 Å². The van der Waals surface area contributed by atoms with Gasteiger partial charge in [-0.3, -0.25) is 0 Å². The smallest absolute Gasteiger partial charge is 0.235 e. The first-order valence-electron chi connectivity index (χ1n) is 6.87. The highest BCUT2D eigenvalue weighted by Gasteiger charge is 2.32. The molecule has 1 aromatic carbocycles. The van der Waals surface area contributed by atoms with E-state index in [0.29, 0.717) is 22.2 Å². The molecule has 2 atom stereocenters. The lowest BCUT2D eigenvalue weighted by Gasteiger charge is -2.22. The predicted molar refractivity (Wildman–Crippen MR) is 77.0 cm³/mol. The summed E-state index contributed by atoms with van der Waals surface area (Å²) in [5.74, 6) is 0.671. The molecule has 112 valence electrons. The molecule has 2 aromatic rings. The van der Waals surface area contributed by atoms with E-state index >= 15 is 0 Å². The number of hydrogen-bond acceptors (Lipinski definition) is 4. The first-order valence-corrected chi connectivity index (χ1v) is 7.25. The Morgan fingerprint density at radius 2 is 2.38 bits per heavy atom. The zero-order chi connectivity index (χ0) is 14.8. The van der Waals surface area contributed by atoms with Crippen molar-refractivity contribution in [2.24, 2.45) is 5.92 Å². The molecule has 6 heteroatoms. The molecule has 0 spiro atoms. The van der Waals surface area contributed by atoms with Gasteiger partial charge in [0.1, 0.15) is 17.8 Å². The average molecular weight is 311 g/mol. The fraction of sp³-hybridized carbons (Fsp3) is 0.400. The predicted octanol–water partition coefficient (Wildman–Crippen LogP) is 3.51. The highest BCUT2D eigenvalue weighted by Crippen LogP contribution is 2.35. The molecule has 0 radical (unpaired) electrons. The maximum absolute atomic E-state index is 13.7. The van der Waals surface area contributed by atoms with E-state index in [0.717, 1.165) is 19.5 Å². The van der Waals surface area contributed by atoms with Gasteiger partial charge in [-0.2, -0.15) is 0 Å². The molecular formula is C15H16ClFN2O2. The summed E-state index contributed by atoms with van der Waals surface area (Å²) in [5, 5.41) is 3.66. The Morgan fingerprint density at radius 1 is 1.52 bits per heavy atom. The molecule has 4 nitrogen and oxygen atoms in total. The van der Waals surface area contributed by atoms with Crippen LogP contribution < -0.4 is 10.1 Å². The monoisotopic (exact) mass is 310 g/mol. The fourth-order valence-electron chi connectivity index (χ4n) is 2.51. The minimum absolute atomic E-state index is 0.212. The van der Waals surface area contributed by atoms with Crippen molar-refractivity contribution in [3.8, 4) is 5.75 Å². The second-order valence-corrected chi connectivity index (χ2v) is 5.60. The summed E-state index contributed by atoms with van der Waals surface area (Å²) in [5.41, 5.74) is 0.488. The highest BCUT2D eigenvalue weighted by molar-refractivity contribution is 6.32. The van der Waals surface area contributed by atoms with Gasteiger partial charge in [0.05, 0.1) is 11.2 Å². The van der Waals surface area contributed by atoms with Crippen molar-refractivity contribution in [1.29, 1.82) is 0 Å². The Balaban J connectivity index is 1.89. The largest absolute Gasteiger partial charge is 0.479 e. The summed E-state index contributed by atoms with van der Waals surface area (Å²) in [6, 6.07) is 2.88. The normalized spacial score (nSPS) is 19.7. The fourth-order valence-corrected chi connectivity index (χ4v) is 2.78. The van der Waals surface area contributed by atoms with Crippen molar-refractivity contribution in [2.75, 3.05) is 13.1 Å². The van der Waals surface area contributed by atoms with Crippen molar-refractivity contribution < 1.29 is 13.5 Å². The maximum atomic E-state index is 13.7. The third kappa shape index (κ3) is 3.04. The molecule has 0 bridgehead atoms. The quantitative estimate of drug-likeness (QED) is 0.939. The van der Waals surface area contributed by atoms with E-state index in [1.165, 1.54) is 12.3 Å². The van der Waals surface area contributed by atoms with Crippen LogP contribution in [0.4, 0.5) is 4.39 Å². The first kappa shape index (κ1) is 14.4. The van der Waals surface area contributed by atoms with Crippen LogP contribution in [0.2, 0.25) is 5.02 Å². The lowest BCUT2D eigenvalue weighted by Crippen LogP contribution is -2.22. The second kappa shape index (κ2) is 6.03. The molecule has 1 fully saturated rings. The van der Waals surface area contributed by atoms with Crippen molar-refractivity contribution >= 4 is 11.6 Å². The molecule has 1 aromatic heterocycles. The molecule has 1 aliphatic rings. The molecule has 0 aliphatic carbocycles. The van der Waals surface area contributed by atoms with Crippen LogP contribution in [0.5, 0.6) is 5.75 Å². The second-order valence-electron chi connectivity index (χ2n) is 5.19. The third-order valence-corrected chi connectivity index (χ3v) is 3.98. The van der Waals surface area contributed by atoms with Gasteiger partial charge in [0.2, 0.25) is 5.89 Å².